The van der Waals surface area contributed by atoms with E-state index < -0.39 is 5.60 Å². The molecule has 2 aromatic carbocycles. The number of rotatable bonds is 4. The fourth-order valence-electron chi connectivity index (χ4n) is 2.17. The lowest BCUT2D eigenvalue weighted by Crippen LogP contribution is -2.28. The van der Waals surface area contributed by atoms with E-state index in [0.29, 0.717) is 5.57 Å². The summed E-state index contributed by atoms with van der Waals surface area (Å²) in [6, 6.07) is 17.0. The quantitative estimate of drug-likeness (QED) is 0.846. The maximum absolute atomic E-state index is 11.1. The van der Waals surface area contributed by atoms with Crippen molar-refractivity contribution in [2.24, 2.45) is 0 Å². The molecule has 0 radical (unpaired) electrons. The van der Waals surface area contributed by atoms with Crippen LogP contribution in [0, 0.1) is 0 Å². The Morgan fingerprint density at radius 2 is 1.53 bits per heavy atom. The number of hydrogen-bond donors (Lipinski definition) is 1. The molecule has 1 atom stereocenters. The zero-order valence-corrected chi connectivity index (χ0v) is 11.3. The van der Waals surface area contributed by atoms with Gasteiger partial charge in [-0.05, 0) is 35.8 Å². The summed E-state index contributed by atoms with van der Waals surface area (Å²) >= 11 is 0. The molecule has 2 nitrogen and oxygen atoms in total. The van der Waals surface area contributed by atoms with Gasteiger partial charge in [0.05, 0.1) is 7.11 Å². The van der Waals surface area contributed by atoms with E-state index in [1.807, 2.05) is 61.5 Å². The topological polar surface area (TPSA) is 29.5 Å². The summed E-state index contributed by atoms with van der Waals surface area (Å²) in [4.78, 5) is 0. The molecular weight excluding hydrogens is 236 g/mol. The van der Waals surface area contributed by atoms with Gasteiger partial charge in [0.25, 0.3) is 0 Å². The Morgan fingerprint density at radius 1 is 1.00 bits per heavy atom. The third-order valence-corrected chi connectivity index (χ3v) is 3.32. The SMILES string of the molecule is C=C(C)C(O)(c1ccccc1)c1ccc(OC)cc1. The van der Waals surface area contributed by atoms with Gasteiger partial charge in [-0.15, -0.1) is 0 Å². The molecule has 2 aromatic rings. The van der Waals surface area contributed by atoms with Gasteiger partial charge in [-0.25, -0.2) is 0 Å². The maximum Gasteiger partial charge on any atom is 0.136 e. The highest BCUT2D eigenvalue weighted by molar-refractivity contribution is 5.45. The Balaban J connectivity index is 2.53. The molecule has 0 fully saturated rings. The van der Waals surface area contributed by atoms with E-state index >= 15 is 0 Å². The van der Waals surface area contributed by atoms with Gasteiger partial charge < -0.3 is 9.84 Å². The summed E-state index contributed by atoms with van der Waals surface area (Å²) in [6.45, 7) is 5.77. The second-order valence-electron chi connectivity index (χ2n) is 4.59. The second-order valence-corrected chi connectivity index (χ2v) is 4.59. The Bertz CT molecular complexity index is 558. The molecule has 0 heterocycles. The van der Waals surface area contributed by atoms with E-state index in [-0.39, 0.29) is 0 Å². The van der Waals surface area contributed by atoms with Crippen molar-refractivity contribution in [3.05, 3.63) is 77.9 Å². The third-order valence-electron chi connectivity index (χ3n) is 3.32. The van der Waals surface area contributed by atoms with Crippen LogP contribution in [0.15, 0.2) is 66.7 Å². The predicted octanol–water partition coefficient (Wildman–Crippen LogP) is 3.51. The van der Waals surface area contributed by atoms with Gasteiger partial charge in [-0.2, -0.15) is 0 Å². The molecule has 1 unspecified atom stereocenters. The summed E-state index contributed by atoms with van der Waals surface area (Å²) in [7, 11) is 1.62. The van der Waals surface area contributed by atoms with E-state index in [9.17, 15) is 5.11 Å². The van der Waals surface area contributed by atoms with Crippen LogP contribution in [-0.2, 0) is 5.60 Å². The fourth-order valence-corrected chi connectivity index (χ4v) is 2.17. The second kappa shape index (κ2) is 5.29. The van der Waals surface area contributed by atoms with Crippen LogP contribution in [0.3, 0.4) is 0 Å². The Labute approximate surface area is 114 Å². The molecule has 0 spiro atoms. The molecule has 0 aliphatic carbocycles. The molecule has 0 aliphatic rings. The van der Waals surface area contributed by atoms with Gasteiger partial charge in [0.1, 0.15) is 11.4 Å². The fraction of sp³-hybridized carbons (Fsp3) is 0.176. The van der Waals surface area contributed by atoms with Crippen LogP contribution in [-0.4, -0.2) is 12.2 Å². The van der Waals surface area contributed by atoms with Crippen molar-refractivity contribution in [2.75, 3.05) is 7.11 Å². The number of aliphatic hydroxyl groups is 1. The smallest absolute Gasteiger partial charge is 0.136 e. The highest BCUT2D eigenvalue weighted by atomic mass is 16.5. The van der Waals surface area contributed by atoms with Crippen molar-refractivity contribution in [1.82, 2.24) is 0 Å². The molecule has 0 saturated heterocycles. The Hall–Kier alpha value is -2.06. The molecule has 2 rings (SSSR count). The lowest BCUT2D eigenvalue weighted by molar-refractivity contribution is 0.121. The summed E-state index contributed by atoms with van der Waals surface area (Å²) < 4.78 is 5.14. The summed E-state index contributed by atoms with van der Waals surface area (Å²) in [6.07, 6.45) is 0. The van der Waals surface area contributed by atoms with Crippen molar-refractivity contribution >= 4 is 0 Å². The first-order chi connectivity index (χ1) is 9.09. The van der Waals surface area contributed by atoms with Crippen LogP contribution < -0.4 is 4.74 Å². The highest BCUT2D eigenvalue weighted by Gasteiger charge is 2.32. The standard InChI is InChI=1S/C17H18O2/c1-13(2)17(18,14-7-5-4-6-8-14)15-9-11-16(19-3)12-10-15/h4-12,18H,1H2,2-3H3. The number of benzene rings is 2. The lowest BCUT2D eigenvalue weighted by Gasteiger charge is -2.30. The van der Waals surface area contributed by atoms with Crippen molar-refractivity contribution in [1.29, 1.82) is 0 Å². The molecule has 0 bridgehead atoms. The summed E-state index contributed by atoms with van der Waals surface area (Å²) in [5, 5.41) is 11.1. The van der Waals surface area contributed by atoms with Crippen molar-refractivity contribution in [3.63, 3.8) is 0 Å². The first-order valence-corrected chi connectivity index (χ1v) is 6.17. The molecule has 98 valence electrons. The molecule has 0 aromatic heterocycles. The molecule has 1 N–H and O–H groups in total. The van der Waals surface area contributed by atoms with E-state index in [2.05, 4.69) is 6.58 Å². The van der Waals surface area contributed by atoms with Crippen molar-refractivity contribution in [2.45, 2.75) is 12.5 Å². The molecular formula is C17H18O2. The number of hydrogen-bond acceptors (Lipinski definition) is 2. The van der Waals surface area contributed by atoms with Crippen molar-refractivity contribution < 1.29 is 9.84 Å². The number of ether oxygens (including phenoxy) is 1. The minimum Gasteiger partial charge on any atom is -0.497 e. The van der Waals surface area contributed by atoms with Crippen LogP contribution in [0.5, 0.6) is 5.75 Å². The van der Waals surface area contributed by atoms with Crippen LogP contribution in [0.1, 0.15) is 18.1 Å². The van der Waals surface area contributed by atoms with Gasteiger partial charge in [-0.1, -0.05) is 49.0 Å². The first kappa shape index (κ1) is 13.4. The largest absolute Gasteiger partial charge is 0.497 e. The molecule has 2 heteroatoms. The van der Waals surface area contributed by atoms with Crippen LogP contribution in [0.25, 0.3) is 0 Å². The molecule has 19 heavy (non-hydrogen) atoms. The summed E-state index contributed by atoms with van der Waals surface area (Å²) in [5.41, 5.74) is 1.11. The number of methoxy groups -OCH3 is 1. The van der Waals surface area contributed by atoms with Crippen LogP contribution in [0.2, 0.25) is 0 Å². The van der Waals surface area contributed by atoms with Gasteiger partial charge in [0, 0.05) is 0 Å². The Kier molecular flexibility index (Phi) is 3.72. The third kappa shape index (κ3) is 2.40. The van der Waals surface area contributed by atoms with E-state index in [4.69, 9.17) is 4.74 Å². The van der Waals surface area contributed by atoms with Gasteiger partial charge in [0.15, 0.2) is 0 Å². The van der Waals surface area contributed by atoms with Crippen LogP contribution >= 0.6 is 0 Å². The van der Waals surface area contributed by atoms with Gasteiger partial charge in [0.2, 0.25) is 0 Å². The maximum atomic E-state index is 11.1. The predicted molar refractivity (Wildman–Crippen MR) is 77.2 cm³/mol. The van der Waals surface area contributed by atoms with E-state index in [1.165, 1.54) is 0 Å². The van der Waals surface area contributed by atoms with Gasteiger partial charge >= 0.3 is 0 Å². The van der Waals surface area contributed by atoms with E-state index in [1.54, 1.807) is 7.11 Å². The zero-order chi connectivity index (χ0) is 13.9. The Morgan fingerprint density at radius 3 is 2.00 bits per heavy atom. The zero-order valence-electron chi connectivity index (χ0n) is 11.3. The minimum atomic E-state index is -1.17. The van der Waals surface area contributed by atoms with Crippen LogP contribution in [0.4, 0.5) is 0 Å². The highest BCUT2D eigenvalue weighted by Crippen LogP contribution is 2.36. The lowest BCUT2D eigenvalue weighted by atomic mass is 9.81. The monoisotopic (exact) mass is 254 g/mol. The molecule has 0 saturated carbocycles. The minimum absolute atomic E-state index is 0.684. The molecule has 0 amide bonds. The normalized spacial score (nSPS) is 13.6. The molecule has 0 aliphatic heterocycles. The first-order valence-electron chi connectivity index (χ1n) is 6.17. The average Bonchev–Trinajstić information content (AvgIpc) is 2.47. The average molecular weight is 254 g/mol. The van der Waals surface area contributed by atoms with Crippen molar-refractivity contribution in [3.8, 4) is 5.75 Å². The summed E-state index contributed by atoms with van der Waals surface area (Å²) in [5.74, 6) is 0.765. The van der Waals surface area contributed by atoms with Gasteiger partial charge in [-0.3, -0.25) is 0 Å². The van der Waals surface area contributed by atoms with E-state index in [0.717, 1.165) is 16.9 Å².